The maximum atomic E-state index is 12.4. The lowest BCUT2D eigenvalue weighted by Crippen LogP contribution is -2.24. The number of hydrogen-bond donors (Lipinski definition) is 3. The van der Waals surface area contributed by atoms with Crippen LogP contribution < -0.4 is 11.1 Å². The van der Waals surface area contributed by atoms with Gasteiger partial charge in [-0.25, -0.2) is 4.98 Å². The summed E-state index contributed by atoms with van der Waals surface area (Å²) < 4.78 is 0. The first-order chi connectivity index (χ1) is 13.7. The van der Waals surface area contributed by atoms with Crippen molar-refractivity contribution in [2.45, 2.75) is 52.2 Å². The van der Waals surface area contributed by atoms with Gasteiger partial charge in [-0.15, -0.1) is 0 Å². The Morgan fingerprint density at radius 1 is 1.24 bits per heavy atom. The van der Waals surface area contributed by atoms with Crippen LogP contribution in [0.1, 0.15) is 50.2 Å². The van der Waals surface area contributed by atoms with E-state index in [4.69, 9.17) is 10.7 Å². The molecule has 3 heterocycles. The second kappa shape index (κ2) is 8.13. The molecule has 0 fully saturated rings. The summed E-state index contributed by atoms with van der Waals surface area (Å²) in [5, 5.41) is 13.5. The lowest BCUT2D eigenvalue weighted by molar-refractivity contribution is 0.0709. The molecule has 3 rings (SSSR count). The fourth-order valence-electron chi connectivity index (χ4n) is 3.16. The number of hydrogen-bond acceptors (Lipinski definition) is 6. The molecular formula is C22H27N5O2. The minimum atomic E-state index is -0.875. The van der Waals surface area contributed by atoms with E-state index in [0.717, 1.165) is 11.3 Å². The van der Waals surface area contributed by atoms with Crippen molar-refractivity contribution < 1.29 is 9.90 Å². The van der Waals surface area contributed by atoms with E-state index in [1.807, 2.05) is 38.1 Å². The topological polar surface area (TPSA) is 114 Å². The van der Waals surface area contributed by atoms with Crippen LogP contribution in [-0.4, -0.2) is 37.6 Å². The Bertz CT molecular complexity index is 1030. The lowest BCUT2D eigenvalue weighted by atomic mass is 9.97. The van der Waals surface area contributed by atoms with Crippen LogP contribution in [0.15, 0.2) is 36.7 Å². The van der Waals surface area contributed by atoms with E-state index in [1.165, 1.54) is 0 Å². The number of nitrogens with two attached hydrogens (primary N) is 1. The van der Waals surface area contributed by atoms with Gasteiger partial charge in [-0.3, -0.25) is 14.8 Å². The second-order valence-electron chi connectivity index (χ2n) is 8.09. The average molecular weight is 393 g/mol. The molecule has 0 bridgehead atoms. The van der Waals surface area contributed by atoms with Crippen molar-refractivity contribution in [3.8, 4) is 11.3 Å². The Morgan fingerprint density at radius 3 is 2.59 bits per heavy atom. The predicted molar refractivity (Wildman–Crippen MR) is 115 cm³/mol. The molecule has 7 heteroatoms. The second-order valence-corrected chi connectivity index (χ2v) is 8.09. The van der Waals surface area contributed by atoms with Gasteiger partial charge < -0.3 is 16.2 Å². The molecule has 0 aromatic carbocycles. The third-order valence-corrected chi connectivity index (χ3v) is 4.52. The van der Waals surface area contributed by atoms with E-state index in [-0.39, 0.29) is 6.04 Å². The van der Waals surface area contributed by atoms with Crippen LogP contribution in [0.5, 0.6) is 0 Å². The number of anilines is 1. The molecule has 0 spiro atoms. The first-order valence-electron chi connectivity index (χ1n) is 9.68. The van der Waals surface area contributed by atoms with Gasteiger partial charge in [0.25, 0.3) is 5.91 Å². The van der Waals surface area contributed by atoms with E-state index < -0.39 is 11.5 Å². The molecule has 7 nitrogen and oxygen atoms in total. The first kappa shape index (κ1) is 20.7. The standard InChI is InChI=1S/C22H27N5O2/c1-13(2)25-20-18(21(23)28)16(9-10-22(3,4)29)26-17-8-7-15(27-19(17)20)14-6-5-11-24-12-14/h5-8,11-13,29H,9-10H2,1-4H3,(H2,23,28)(H,25,26). The van der Waals surface area contributed by atoms with Crippen molar-refractivity contribution >= 4 is 22.6 Å². The summed E-state index contributed by atoms with van der Waals surface area (Å²) in [4.78, 5) is 26.0. The van der Waals surface area contributed by atoms with Crippen molar-refractivity contribution in [1.82, 2.24) is 15.0 Å². The van der Waals surface area contributed by atoms with E-state index >= 15 is 0 Å². The summed E-state index contributed by atoms with van der Waals surface area (Å²) in [6.45, 7) is 7.43. The van der Waals surface area contributed by atoms with Gasteiger partial charge in [0.2, 0.25) is 0 Å². The highest BCUT2D eigenvalue weighted by atomic mass is 16.3. The normalized spacial score (nSPS) is 11.8. The van der Waals surface area contributed by atoms with Gasteiger partial charge in [0.15, 0.2) is 0 Å². The number of aromatic nitrogens is 3. The summed E-state index contributed by atoms with van der Waals surface area (Å²) in [5.74, 6) is -0.568. The molecule has 0 unspecified atom stereocenters. The molecule has 29 heavy (non-hydrogen) atoms. The highest BCUT2D eigenvalue weighted by Gasteiger charge is 2.23. The third kappa shape index (κ3) is 4.86. The Kier molecular flexibility index (Phi) is 5.79. The predicted octanol–water partition coefficient (Wildman–Crippen LogP) is 3.31. The van der Waals surface area contributed by atoms with Gasteiger partial charge >= 0.3 is 0 Å². The molecule has 0 aliphatic rings. The zero-order valence-electron chi connectivity index (χ0n) is 17.2. The van der Waals surface area contributed by atoms with Crippen LogP contribution in [-0.2, 0) is 6.42 Å². The Hall–Kier alpha value is -3.06. The largest absolute Gasteiger partial charge is 0.390 e. The molecule has 4 N–H and O–H groups in total. The third-order valence-electron chi connectivity index (χ3n) is 4.52. The van der Waals surface area contributed by atoms with Crippen molar-refractivity contribution in [2.75, 3.05) is 5.32 Å². The summed E-state index contributed by atoms with van der Waals surface area (Å²) in [5.41, 5.74) is 9.19. The van der Waals surface area contributed by atoms with E-state index in [1.54, 1.807) is 26.2 Å². The number of nitrogens with zero attached hydrogens (tertiary/aromatic N) is 3. The van der Waals surface area contributed by atoms with E-state index in [0.29, 0.717) is 40.8 Å². The van der Waals surface area contributed by atoms with Crippen LogP contribution in [0, 0.1) is 0 Å². The molecule has 0 radical (unpaired) electrons. The number of rotatable bonds is 7. The SMILES string of the molecule is CC(C)Nc1c(C(N)=O)c(CCC(C)(C)O)nc2ccc(-c3cccnc3)nc12. The number of fused-ring (bicyclic) bond motifs is 1. The van der Waals surface area contributed by atoms with Crippen molar-refractivity contribution in [2.24, 2.45) is 5.73 Å². The molecule has 3 aromatic heterocycles. The molecule has 0 atom stereocenters. The summed E-state index contributed by atoms with van der Waals surface area (Å²) in [6.07, 6.45) is 4.32. The molecule has 0 aliphatic carbocycles. The number of carbonyl (C=O) groups is 1. The van der Waals surface area contributed by atoms with Crippen molar-refractivity contribution in [3.63, 3.8) is 0 Å². The lowest BCUT2D eigenvalue weighted by Gasteiger charge is -2.21. The van der Waals surface area contributed by atoms with Crippen LogP contribution >= 0.6 is 0 Å². The average Bonchev–Trinajstić information content (AvgIpc) is 2.65. The maximum Gasteiger partial charge on any atom is 0.252 e. The molecular weight excluding hydrogens is 366 g/mol. The Morgan fingerprint density at radius 2 is 2.00 bits per heavy atom. The Labute approximate surface area is 170 Å². The molecule has 0 aliphatic heterocycles. The van der Waals surface area contributed by atoms with Gasteiger partial charge in [-0.1, -0.05) is 0 Å². The summed E-state index contributed by atoms with van der Waals surface area (Å²) >= 11 is 0. The molecule has 0 saturated heterocycles. The number of amides is 1. The summed E-state index contributed by atoms with van der Waals surface area (Å²) in [7, 11) is 0. The molecule has 0 saturated carbocycles. The number of aliphatic hydroxyl groups is 1. The number of carbonyl (C=O) groups excluding carboxylic acids is 1. The first-order valence-corrected chi connectivity index (χ1v) is 9.68. The maximum absolute atomic E-state index is 12.4. The monoisotopic (exact) mass is 393 g/mol. The number of pyridine rings is 3. The van der Waals surface area contributed by atoms with Gasteiger partial charge in [0, 0.05) is 24.0 Å². The van der Waals surface area contributed by atoms with E-state index in [9.17, 15) is 9.90 Å². The fourth-order valence-corrected chi connectivity index (χ4v) is 3.16. The summed E-state index contributed by atoms with van der Waals surface area (Å²) in [6, 6.07) is 7.60. The number of nitrogens with one attached hydrogen (secondary N) is 1. The van der Waals surface area contributed by atoms with Crippen LogP contribution in [0.3, 0.4) is 0 Å². The van der Waals surface area contributed by atoms with Gasteiger partial charge in [-0.2, -0.15) is 0 Å². The highest BCUT2D eigenvalue weighted by molar-refractivity contribution is 6.06. The number of aryl methyl sites for hydroxylation is 1. The van der Waals surface area contributed by atoms with Gasteiger partial charge in [0.1, 0.15) is 5.52 Å². The van der Waals surface area contributed by atoms with Crippen LogP contribution in [0.25, 0.3) is 22.3 Å². The molecule has 1 amide bonds. The van der Waals surface area contributed by atoms with E-state index in [2.05, 4.69) is 15.3 Å². The minimum Gasteiger partial charge on any atom is -0.390 e. The zero-order chi connectivity index (χ0) is 21.2. The minimum absolute atomic E-state index is 0.0599. The van der Waals surface area contributed by atoms with Crippen LogP contribution in [0.4, 0.5) is 5.69 Å². The highest BCUT2D eigenvalue weighted by Crippen LogP contribution is 2.31. The quantitative estimate of drug-likeness (QED) is 0.567. The zero-order valence-corrected chi connectivity index (χ0v) is 17.2. The Balaban J connectivity index is 2.23. The number of primary amides is 1. The van der Waals surface area contributed by atoms with Gasteiger partial charge in [-0.05, 0) is 64.8 Å². The molecule has 152 valence electrons. The van der Waals surface area contributed by atoms with Gasteiger partial charge in [0.05, 0.1) is 33.8 Å². The van der Waals surface area contributed by atoms with Crippen molar-refractivity contribution in [3.05, 3.63) is 47.9 Å². The van der Waals surface area contributed by atoms with Crippen molar-refractivity contribution in [1.29, 1.82) is 0 Å². The molecule has 3 aromatic rings. The fraction of sp³-hybridized carbons (Fsp3) is 0.364. The van der Waals surface area contributed by atoms with Crippen LogP contribution in [0.2, 0.25) is 0 Å². The smallest absolute Gasteiger partial charge is 0.252 e.